The third-order valence-electron chi connectivity index (χ3n) is 3.80. The van der Waals surface area contributed by atoms with Crippen molar-refractivity contribution in [3.63, 3.8) is 0 Å². The highest BCUT2D eigenvalue weighted by molar-refractivity contribution is 9.10. The average molecular weight is 316 g/mol. The monoisotopic (exact) mass is 315 g/mol. The van der Waals surface area contributed by atoms with Crippen LogP contribution in [-0.2, 0) is 0 Å². The normalized spacial score (nSPS) is 27.0. The van der Waals surface area contributed by atoms with E-state index in [1.165, 1.54) is 35.0 Å². The van der Waals surface area contributed by atoms with Gasteiger partial charge >= 0.3 is 0 Å². The van der Waals surface area contributed by atoms with Crippen LogP contribution in [0.3, 0.4) is 0 Å². The maximum absolute atomic E-state index is 3.70. The van der Waals surface area contributed by atoms with Crippen LogP contribution in [0, 0.1) is 11.8 Å². The molecule has 0 radical (unpaired) electrons. The second-order valence-electron chi connectivity index (χ2n) is 5.20. The molecule has 3 atom stereocenters. The van der Waals surface area contributed by atoms with E-state index in [-0.39, 0.29) is 0 Å². The smallest absolute Gasteiger partial charge is 0.0454 e. The molecule has 96 valence electrons. The summed E-state index contributed by atoms with van der Waals surface area (Å²) in [5, 5.41) is 5.89. The molecule has 1 aliphatic rings. The molecule has 1 aliphatic carbocycles. The Morgan fingerprint density at radius 2 is 2.35 bits per heavy atom. The molecule has 0 saturated heterocycles. The van der Waals surface area contributed by atoms with Gasteiger partial charge in [-0.05, 0) is 58.6 Å². The molecule has 17 heavy (non-hydrogen) atoms. The Bertz CT molecular complexity index is 350. The lowest BCUT2D eigenvalue weighted by Gasteiger charge is -2.33. The quantitative estimate of drug-likeness (QED) is 0.825. The van der Waals surface area contributed by atoms with Gasteiger partial charge in [-0.15, -0.1) is 11.3 Å². The van der Waals surface area contributed by atoms with Crippen molar-refractivity contribution < 1.29 is 0 Å². The van der Waals surface area contributed by atoms with Crippen LogP contribution in [0.25, 0.3) is 0 Å². The fourth-order valence-corrected chi connectivity index (χ4v) is 4.79. The van der Waals surface area contributed by atoms with Gasteiger partial charge in [-0.1, -0.05) is 26.7 Å². The van der Waals surface area contributed by atoms with Gasteiger partial charge in [0.2, 0.25) is 0 Å². The number of hydrogen-bond acceptors (Lipinski definition) is 2. The summed E-state index contributed by atoms with van der Waals surface area (Å²) in [4.78, 5) is 1.49. The predicted octanol–water partition coefficient (Wildman–Crippen LogP) is 4.99. The fraction of sp³-hybridized carbons (Fsp3) is 0.714. The average Bonchev–Trinajstić information content (AvgIpc) is 2.72. The van der Waals surface area contributed by atoms with Crippen LogP contribution in [0.4, 0.5) is 0 Å². The molecule has 0 aliphatic heterocycles. The van der Waals surface area contributed by atoms with Gasteiger partial charge in [0.25, 0.3) is 0 Å². The van der Waals surface area contributed by atoms with Gasteiger partial charge in [-0.2, -0.15) is 0 Å². The maximum atomic E-state index is 3.70. The Labute approximate surface area is 117 Å². The molecule has 0 spiro atoms. The SMILES string of the molecule is CCNC(c1sccc1Br)C1CCCC(C)C1. The zero-order chi connectivity index (χ0) is 12.3. The van der Waals surface area contributed by atoms with E-state index >= 15 is 0 Å². The van der Waals surface area contributed by atoms with Gasteiger partial charge in [-0.3, -0.25) is 0 Å². The molecule has 1 nitrogen and oxygen atoms in total. The first-order valence-corrected chi connectivity index (χ1v) is 8.36. The van der Waals surface area contributed by atoms with Gasteiger partial charge in [0.1, 0.15) is 0 Å². The molecule has 0 amide bonds. The van der Waals surface area contributed by atoms with Crippen molar-refractivity contribution in [2.24, 2.45) is 11.8 Å². The van der Waals surface area contributed by atoms with E-state index in [9.17, 15) is 0 Å². The summed E-state index contributed by atoms with van der Waals surface area (Å²) in [7, 11) is 0. The first-order valence-electron chi connectivity index (χ1n) is 6.68. The number of nitrogens with one attached hydrogen (secondary N) is 1. The van der Waals surface area contributed by atoms with E-state index in [0.717, 1.165) is 18.4 Å². The molecule has 1 N–H and O–H groups in total. The van der Waals surface area contributed by atoms with Gasteiger partial charge in [0, 0.05) is 15.4 Å². The molecule has 1 saturated carbocycles. The Kier molecular flexibility index (Phi) is 5.07. The van der Waals surface area contributed by atoms with Crippen molar-refractivity contribution >= 4 is 27.3 Å². The molecule has 0 bridgehead atoms. The zero-order valence-electron chi connectivity index (χ0n) is 10.7. The highest BCUT2D eigenvalue weighted by Gasteiger charge is 2.29. The van der Waals surface area contributed by atoms with Crippen molar-refractivity contribution in [2.75, 3.05) is 6.54 Å². The lowest BCUT2D eigenvalue weighted by molar-refractivity contribution is 0.227. The summed E-state index contributed by atoms with van der Waals surface area (Å²) in [6.07, 6.45) is 5.58. The Morgan fingerprint density at radius 1 is 1.53 bits per heavy atom. The van der Waals surface area contributed by atoms with Crippen LogP contribution < -0.4 is 5.32 Å². The molecule has 1 fully saturated rings. The van der Waals surface area contributed by atoms with Crippen LogP contribution in [0.2, 0.25) is 0 Å². The Balaban J connectivity index is 2.14. The second kappa shape index (κ2) is 6.35. The largest absolute Gasteiger partial charge is 0.309 e. The van der Waals surface area contributed by atoms with Gasteiger partial charge in [0.05, 0.1) is 0 Å². The van der Waals surface area contributed by atoms with Crippen molar-refractivity contribution in [2.45, 2.75) is 45.6 Å². The van der Waals surface area contributed by atoms with Crippen molar-refractivity contribution in [3.05, 3.63) is 20.8 Å². The van der Waals surface area contributed by atoms with Gasteiger partial charge in [0.15, 0.2) is 0 Å². The van der Waals surface area contributed by atoms with Crippen LogP contribution in [0.1, 0.15) is 50.4 Å². The lowest BCUT2D eigenvalue weighted by atomic mass is 9.78. The number of rotatable bonds is 4. The minimum atomic E-state index is 0.553. The Morgan fingerprint density at radius 3 is 2.94 bits per heavy atom. The van der Waals surface area contributed by atoms with Crippen LogP contribution >= 0.6 is 27.3 Å². The fourth-order valence-electron chi connectivity index (χ4n) is 3.00. The lowest BCUT2D eigenvalue weighted by Crippen LogP contribution is -2.30. The predicted molar refractivity (Wildman–Crippen MR) is 79.6 cm³/mol. The molecule has 1 heterocycles. The first-order chi connectivity index (χ1) is 8.22. The summed E-state index contributed by atoms with van der Waals surface area (Å²) >= 11 is 5.57. The van der Waals surface area contributed by atoms with Gasteiger partial charge in [-0.25, -0.2) is 0 Å². The molecule has 0 aromatic carbocycles. The topological polar surface area (TPSA) is 12.0 Å². The first kappa shape index (κ1) is 13.6. The number of thiophene rings is 1. The van der Waals surface area contributed by atoms with E-state index < -0.39 is 0 Å². The number of halogens is 1. The maximum Gasteiger partial charge on any atom is 0.0454 e. The third kappa shape index (κ3) is 3.33. The number of hydrogen-bond donors (Lipinski definition) is 1. The Hall–Kier alpha value is 0.140. The summed E-state index contributed by atoms with van der Waals surface area (Å²) in [5.74, 6) is 1.71. The molecule has 3 heteroatoms. The molecule has 1 aromatic heterocycles. The summed E-state index contributed by atoms with van der Waals surface area (Å²) < 4.78 is 1.28. The van der Waals surface area contributed by atoms with Crippen LogP contribution in [0.15, 0.2) is 15.9 Å². The van der Waals surface area contributed by atoms with Crippen molar-refractivity contribution in [1.82, 2.24) is 5.32 Å². The second-order valence-corrected chi connectivity index (χ2v) is 7.00. The molecule has 1 aromatic rings. The summed E-state index contributed by atoms with van der Waals surface area (Å²) in [6, 6.07) is 2.73. The highest BCUT2D eigenvalue weighted by atomic mass is 79.9. The van der Waals surface area contributed by atoms with Crippen molar-refractivity contribution in [1.29, 1.82) is 0 Å². The van der Waals surface area contributed by atoms with Crippen molar-refractivity contribution in [3.8, 4) is 0 Å². The third-order valence-corrected chi connectivity index (χ3v) is 5.75. The van der Waals surface area contributed by atoms with Crippen LogP contribution in [0.5, 0.6) is 0 Å². The molecular weight excluding hydrogens is 294 g/mol. The highest BCUT2D eigenvalue weighted by Crippen LogP contribution is 2.41. The minimum absolute atomic E-state index is 0.553. The minimum Gasteiger partial charge on any atom is -0.309 e. The van der Waals surface area contributed by atoms with Crippen LogP contribution in [-0.4, -0.2) is 6.54 Å². The van der Waals surface area contributed by atoms with E-state index in [1.54, 1.807) is 0 Å². The van der Waals surface area contributed by atoms with E-state index in [4.69, 9.17) is 0 Å². The zero-order valence-corrected chi connectivity index (χ0v) is 13.1. The summed E-state index contributed by atoms with van der Waals surface area (Å²) in [5.41, 5.74) is 0. The van der Waals surface area contributed by atoms with E-state index in [2.05, 4.69) is 46.5 Å². The van der Waals surface area contributed by atoms with E-state index in [0.29, 0.717) is 6.04 Å². The van der Waals surface area contributed by atoms with E-state index in [1.807, 2.05) is 11.3 Å². The summed E-state index contributed by atoms with van der Waals surface area (Å²) in [6.45, 7) is 5.67. The van der Waals surface area contributed by atoms with Gasteiger partial charge < -0.3 is 5.32 Å². The molecular formula is C14H22BrNS. The standard InChI is InChI=1S/C14H22BrNS/c1-3-16-13(14-12(15)7-8-17-14)11-6-4-5-10(2)9-11/h7-8,10-11,13,16H,3-6,9H2,1-2H3. The molecule has 2 rings (SSSR count). The molecule has 3 unspecified atom stereocenters.